The lowest BCUT2D eigenvalue weighted by molar-refractivity contribution is -0.127. The lowest BCUT2D eigenvalue weighted by Crippen LogP contribution is -2.20. The zero-order valence-electron chi connectivity index (χ0n) is 8.14. The monoisotopic (exact) mass is 232 g/mol. The van der Waals surface area contributed by atoms with Crippen molar-refractivity contribution in [2.75, 3.05) is 0 Å². The lowest BCUT2D eigenvalue weighted by Gasteiger charge is -2.11. The smallest absolute Gasteiger partial charge is 0.393 e. The van der Waals surface area contributed by atoms with Gasteiger partial charge in [0.2, 0.25) is 0 Å². The fourth-order valence-electron chi connectivity index (χ4n) is 1.27. The molecule has 16 heavy (non-hydrogen) atoms. The molecular formula is C9H7F3N2O2. The third-order valence-electron chi connectivity index (χ3n) is 2.06. The summed E-state index contributed by atoms with van der Waals surface area (Å²) in [6.45, 7) is 1.20. The summed E-state index contributed by atoms with van der Waals surface area (Å²) in [4.78, 5) is 13.0. The van der Waals surface area contributed by atoms with Crippen LogP contribution < -0.4 is 5.56 Å². The first-order valence-corrected chi connectivity index (χ1v) is 4.18. The van der Waals surface area contributed by atoms with Crippen LogP contribution in [0.1, 0.15) is 16.7 Å². The number of hydrogen-bond acceptors (Lipinski definition) is 3. The van der Waals surface area contributed by atoms with E-state index in [9.17, 15) is 18.0 Å². The number of nitriles is 1. The third-order valence-corrected chi connectivity index (χ3v) is 2.06. The number of rotatable bonds is 1. The van der Waals surface area contributed by atoms with E-state index < -0.39 is 35.2 Å². The highest BCUT2D eigenvalue weighted by Gasteiger charge is 2.31. The average molecular weight is 232 g/mol. The van der Waals surface area contributed by atoms with E-state index in [1.54, 1.807) is 0 Å². The summed E-state index contributed by atoms with van der Waals surface area (Å²) >= 11 is 0. The van der Waals surface area contributed by atoms with Crippen LogP contribution in [0, 0.1) is 18.3 Å². The minimum absolute atomic E-state index is 0.145. The van der Waals surface area contributed by atoms with E-state index in [2.05, 4.69) is 0 Å². The summed E-state index contributed by atoms with van der Waals surface area (Å²) < 4.78 is 36.6. The fraction of sp³-hybridized carbons (Fsp3) is 0.333. The summed E-state index contributed by atoms with van der Waals surface area (Å²) in [6.07, 6.45) is -5.96. The van der Waals surface area contributed by atoms with Crippen LogP contribution in [0.4, 0.5) is 13.2 Å². The molecule has 0 atom stereocenters. The minimum atomic E-state index is -4.55. The van der Waals surface area contributed by atoms with E-state index in [-0.39, 0.29) is 5.56 Å². The van der Waals surface area contributed by atoms with Crippen LogP contribution in [-0.2, 0) is 6.42 Å². The minimum Gasteiger partial charge on any atom is -0.494 e. The Balaban J connectivity index is 3.47. The van der Waals surface area contributed by atoms with E-state index >= 15 is 0 Å². The van der Waals surface area contributed by atoms with Gasteiger partial charge in [-0.3, -0.25) is 9.78 Å². The Hall–Kier alpha value is -1.97. The topological polar surface area (TPSA) is 76.9 Å². The van der Waals surface area contributed by atoms with Gasteiger partial charge in [-0.25, -0.2) is 0 Å². The largest absolute Gasteiger partial charge is 0.494 e. The van der Waals surface area contributed by atoms with E-state index in [4.69, 9.17) is 10.4 Å². The molecule has 2 N–H and O–H groups in total. The third kappa shape index (κ3) is 2.34. The Morgan fingerprint density at radius 1 is 1.50 bits per heavy atom. The van der Waals surface area contributed by atoms with Gasteiger partial charge in [-0.2, -0.15) is 18.4 Å². The molecule has 0 radical (unpaired) electrons. The van der Waals surface area contributed by atoms with Crippen molar-refractivity contribution in [3.8, 4) is 11.9 Å². The second kappa shape index (κ2) is 3.89. The van der Waals surface area contributed by atoms with Crippen molar-refractivity contribution < 1.29 is 18.3 Å². The summed E-state index contributed by atoms with van der Waals surface area (Å²) in [5.41, 5.74) is -2.28. The number of pyridine rings is 1. The van der Waals surface area contributed by atoms with E-state index in [0.29, 0.717) is 0 Å². The van der Waals surface area contributed by atoms with Crippen LogP contribution in [0.3, 0.4) is 0 Å². The van der Waals surface area contributed by atoms with Gasteiger partial charge in [0.25, 0.3) is 5.56 Å². The molecule has 0 aliphatic carbocycles. The van der Waals surface area contributed by atoms with Crippen LogP contribution in [-0.4, -0.2) is 16.3 Å². The molecular weight excluding hydrogens is 225 g/mol. The zero-order chi connectivity index (χ0) is 12.5. The van der Waals surface area contributed by atoms with E-state index in [1.807, 2.05) is 4.98 Å². The molecule has 1 rings (SSSR count). The molecule has 0 bridgehead atoms. The van der Waals surface area contributed by atoms with Gasteiger partial charge < -0.3 is 5.11 Å². The molecule has 1 aromatic rings. The van der Waals surface area contributed by atoms with Crippen LogP contribution in [0.2, 0.25) is 0 Å². The highest BCUT2D eigenvalue weighted by atomic mass is 19.4. The Morgan fingerprint density at radius 3 is 2.50 bits per heavy atom. The van der Waals surface area contributed by atoms with Crippen molar-refractivity contribution in [3.05, 3.63) is 27.0 Å². The van der Waals surface area contributed by atoms with Crippen molar-refractivity contribution in [1.82, 2.24) is 4.98 Å². The maximum atomic E-state index is 12.2. The van der Waals surface area contributed by atoms with Gasteiger partial charge in [0, 0.05) is 5.56 Å². The number of nitrogens with zero attached hydrogens (tertiary/aromatic N) is 1. The molecule has 0 saturated carbocycles. The molecule has 7 heteroatoms. The van der Waals surface area contributed by atoms with Gasteiger partial charge >= 0.3 is 6.18 Å². The number of alkyl halides is 3. The van der Waals surface area contributed by atoms with Crippen molar-refractivity contribution in [2.24, 2.45) is 0 Å². The molecule has 0 amide bonds. The van der Waals surface area contributed by atoms with Crippen molar-refractivity contribution in [1.29, 1.82) is 5.26 Å². The molecule has 0 aromatic carbocycles. The molecule has 0 aliphatic heterocycles. The Labute approximate surface area is 88.0 Å². The molecule has 1 aromatic heterocycles. The number of aromatic hydroxyl groups is 1. The molecule has 1 heterocycles. The molecule has 0 fully saturated rings. The first kappa shape index (κ1) is 12.1. The standard InChI is InChI=1S/C9H7F3N2O2/c1-4-5(2-9(10,11)12)6(3-13)8(16)14-7(4)15/h2H2,1H3,(H2,14,15,16). The van der Waals surface area contributed by atoms with Crippen molar-refractivity contribution in [2.45, 2.75) is 19.5 Å². The summed E-state index contributed by atoms with van der Waals surface area (Å²) in [5.74, 6) is -0.650. The Bertz CT molecular complexity index is 511. The highest BCUT2D eigenvalue weighted by Crippen LogP contribution is 2.26. The highest BCUT2D eigenvalue weighted by molar-refractivity contribution is 5.44. The number of aromatic amines is 1. The van der Waals surface area contributed by atoms with Gasteiger partial charge in [-0.1, -0.05) is 0 Å². The van der Waals surface area contributed by atoms with Crippen LogP contribution in [0.25, 0.3) is 0 Å². The van der Waals surface area contributed by atoms with E-state index in [0.717, 1.165) is 0 Å². The predicted molar refractivity (Wildman–Crippen MR) is 47.9 cm³/mol. The quantitative estimate of drug-likeness (QED) is 0.767. The molecule has 0 aliphatic rings. The van der Waals surface area contributed by atoms with Gasteiger partial charge in [0.15, 0.2) is 5.88 Å². The number of H-pyrrole nitrogens is 1. The normalized spacial score (nSPS) is 11.2. The molecule has 0 unspecified atom stereocenters. The van der Waals surface area contributed by atoms with Crippen molar-refractivity contribution in [3.63, 3.8) is 0 Å². The average Bonchev–Trinajstić information content (AvgIpc) is 2.12. The molecule has 4 nitrogen and oxygen atoms in total. The molecule has 0 saturated heterocycles. The van der Waals surface area contributed by atoms with Crippen LogP contribution in [0.15, 0.2) is 4.79 Å². The van der Waals surface area contributed by atoms with Gasteiger partial charge in [-0.05, 0) is 12.5 Å². The molecule has 86 valence electrons. The predicted octanol–water partition coefficient (Wildman–Crippen LogP) is 1.37. The first-order valence-electron chi connectivity index (χ1n) is 4.18. The summed E-state index contributed by atoms with van der Waals surface area (Å²) in [7, 11) is 0. The fourth-order valence-corrected chi connectivity index (χ4v) is 1.27. The lowest BCUT2D eigenvalue weighted by atomic mass is 10.0. The maximum Gasteiger partial charge on any atom is 0.393 e. The van der Waals surface area contributed by atoms with E-state index in [1.165, 1.54) is 13.0 Å². The van der Waals surface area contributed by atoms with Crippen LogP contribution in [0.5, 0.6) is 5.88 Å². The van der Waals surface area contributed by atoms with Gasteiger partial charge in [0.1, 0.15) is 11.6 Å². The number of hydrogen-bond donors (Lipinski definition) is 2. The second-order valence-corrected chi connectivity index (χ2v) is 3.19. The number of aromatic nitrogens is 1. The van der Waals surface area contributed by atoms with Gasteiger partial charge in [0.05, 0.1) is 6.42 Å². The molecule has 0 spiro atoms. The van der Waals surface area contributed by atoms with Crippen LogP contribution >= 0.6 is 0 Å². The number of nitrogens with one attached hydrogen (secondary N) is 1. The van der Waals surface area contributed by atoms with Crippen molar-refractivity contribution >= 4 is 0 Å². The summed E-state index contributed by atoms with van der Waals surface area (Å²) in [5, 5.41) is 17.8. The SMILES string of the molecule is Cc1c(O)[nH]c(=O)c(C#N)c1CC(F)(F)F. The Kier molecular flexibility index (Phi) is 2.94. The number of halogens is 3. The zero-order valence-corrected chi connectivity index (χ0v) is 8.14. The Morgan fingerprint density at radius 2 is 2.06 bits per heavy atom. The van der Waals surface area contributed by atoms with Gasteiger partial charge in [-0.15, -0.1) is 0 Å². The maximum absolute atomic E-state index is 12.2. The first-order chi connectivity index (χ1) is 7.26. The summed E-state index contributed by atoms with van der Waals surface area (Å²) in [6, 6.07) is 1.40. The second-order valence-electron chi connectivity index (χ2n) is 3.19.